The van der Waals surface area contributed by atoms with Gasteiger partial charge in [0.1, 0.15) is 0 Å². The van der Waals surface area contributed by atoms with Crippen LogP contribution in [0.3, 0.4) is 0 Å². The number of likely N-dealkylation sites (tertiary alicyclic amines) is 1. The standard InChI is InChI=1S/C15H28N2O2/c1-11(12-4-3-5-13(16)10-12)14(18)17-8-6-15(2,19)7-9-17/h11-13,19H,3-10,16H2,1-2H3. The number of amides is 1. The Balaban J connectivity index is 1.88. The van der Waals surface area contributed by atoms with E-state index >= 15 is 0 Å². The van der Waals surface area contributed by atoms with Crippen LogP contribution < -0.4 is 5.73 Å². The van der Waals surface area contributed by atoms with Crippen LogP contribution in [0.25, 0.3) is 0 Å². The Hall–Kier alpha value is -0.610. The van der Waals surface area contributed by atoms with Crippen LogP contribution in [0.4, 0.5) is 0 Å². The first-order valence-electron chi connectivity index (χ1n) is 7.66. The van der Waals surface area contributed by atoms with Gasteiger partial charge in [0.2, 0.25) is 5.91 Å². The normalized spacial score (nSPS) is 32.9. The number of piperidine rings is 1. The van der Waals surface area contributed by atoms with Crippen molar-refractivity contribution < 1.29 is 9.90 Å². The molecule has 4 nitrogen and oxygen atoms in total. The summed E-state index contributed by atoms with van der Waals surface area (Å²) in [6, 6.07) is 0.274. The number of aliphatic hydroxyl groups is 1. The van der Waals surface area contributed by atoms with Crippen LogP contribution in [0.5, 0.6) is 0 Å². The molecule has 19 heavy (non-hydrogen) atoms. The molecule has 3 unspecified atom stereocenters. The fraction of sp³-hybridized carbons (Fsp3) is 0.933. The quantitative estimate of drug-likeness (QED) is 0.798. The molecular weight excluding hydrogens is 240 g/mol. The lowest BCUT2D eigenvalue weighted by Crippen LogP contribution is -2.48. The molecule has 110 valence electrons. The lowest BCUT2D eigenvalue weighted by Gasteiger charge is -2.39. The fourth-order valence-electron chi connectivity index (χ4n) is 3.42. The summed E-state index contributed by atoms with van der Waals surface area (Å²) in [7, 11) is 0. The number of nitrogens with zero attached hydrogens (tertiary/aromatic N) is 1. The average Bonchev–Trinajstić information content (AvgIpc) is 2.37. The smallest absolute Gasteiger partial charge is 0.225 e. The molecule has 0 bridgehead atoms. The van der Waals surface area contributed by atoms with Gasteiger partial charge in [0.05, 0.1) is 5.60 Å². The summed E-state index contributed by atoms with van der Waals surface area (Å²) in [5.74, 6) is 0.780. The zero-order valence-corrected chi connectivity index (χ0v) is 12.3. The maximum absolute atomic E-state index is 12.5. The van der Waals surface area contributed by atoms with E-state index in [1.165, 1.54) is 0 Å². The Bertz CT molecular complexity index is 320. The van der Waals surface area contributed by atoms with Crippen molar-refractivity contribution >= 4 is 5.91 Å². The summed E-state index contributed by atoms with van der Waals surface area (Å²) in [5.41, 5.74) is 5.43. The summed E-state index contributed by atoms with van der Waals surface area (Å²) >= 11 is 0. The molecule has 1 heterocycles. The van der Waals surface area contributed by atoms with Gasteiger partial charge in [-0.3, -0.25) is 4.79 Å². The first-order chi connectivity index (χ1) is 8.89. The molecule has 2 rings (SSSR count). The Morgan fingerprint density at radius 2 is 2.00 bits per heavy atom. The molecule has 3 N–H and O–H groups in total. The summed E-state index contributed by atoms with van der Waals surface area (Å²) < 4.78 is 0. The molecule has 2 fully saturated rings. The predicted molar refractivity (Wildman–Crippen MR) is 75.5 cm³/mol. The molecule has 0 spiro atoms. The van der Waals surface area contributed by atoms with Crippen LogP contribution in [-0.2, 0) is 4.79 Å². The van der Waals surface area contributed by atoms with Crippen LogP contribution in [0, 0.1) is 11.8 Å². The molecule has 1 saturated heterocycles. The second-order valence-corrected chi connectivity index (χ2v) is 6.80. The van der Waals surface area contributed by atoms with Crippen molar-refractivity contribution in [2.75, 3.05) is 13.1 Å². The zero-order chi connectivity index (χ0) is 14.0. The minimum Gasteiger partial charge on any atom is -0.390 e. The molecule has 2 aliphatic rings. The molecular formula is C15H28N2O2. The minimum atomic E-state index is -0.590. The summed E-state index contributed by atoms with van der Waals surface area (Å²) in [6.45, 7) is 5.29. The van der Waals surface area contributed by atoms with Crippen molar-refractivity contribution in [1.82, 2.24) is 4.90 Å². The third-order valence-corrected chi connectivity index (χ3v) is 5.00. The van der Waals surface area contributed by atoms with Gasteiger partial charge in [-0.1, -0.05) is 13.3 Å². The SMILES string of the molecule is CC(C(=O)N1CCC(C)(O)CC1)C1CCCC(N)C1. The average molecular weight is 268 g/mol. The summed E-state index contributed by atoms with van der Waals surface area (Å²) in [6.07, 6.45) is 5.75. The van der Waals surface area contributed by atoms with Gasteiger partial charge < -0.3 is 15.7 Å². The van der Waals surface area contributed by atoms with Gasteiger partial charge in [0, 0.05) is 25.0 Å². The van der Waals surface area contributed by atoms with E-state index in [4.69, 9.17) is 5.73 Å². The molecule has 1 aliphatic carbocycles. The first-order valence-corrected chi connectivity index (χ1v) is 7.66. The van der Waals surface area contributed by atoms with Crippen LogP contribution in [0.2, 0.25) is 0 Å². The van der Waals surface area contributed by atoms with E-state index in [1.807, 2.05) is 11.8 Å². The molecule has 0 aromatic heterocycles. The minimum absolute atomic E-state index is 0.0781. The number of hydrogen-bond acceptors (Lipinski definition) is 3. The highest BCUT2D eigenvalue weighted by Crippen LogP contribution is 2.31. The van der Waals surface area contributed by atoms with Gasteiger partial charge in [-0.15, -0.1) is 0 Å². The van der Waals surface area contributed by atoms with Gasteiger partial charge in [-0.05, 0) is 44.9 Å². The zero-order valence-electron chi connectivity index (χ0n) is 12.3. The van der Waals surface area contributed by atoms with E-state index < -0.39 is 5.60 Å². The Kier molecular flexibility index (Phi) is 4.51. The fourth-order valence-corrected chi connectivity index (χ4v) is 3.42. The Labute approximate surface area is 116 Å². The maximum atomic E-state index is 12.5. The molecule has 0 radical (unpaired) electrons. The number of carbonyl (C=O) groups excluding carboxylic acids is 1. The van der Waals surface area contributed by atoms with Crippen molar-refractivity contribution in [3.05, 3.63) is 0 Å². The largest absolute Gasteiger partial charge is 0.390 e. The van der Waals surface area contributed by atoms with Crippen molar-refractivity contribution in [2.45, 2.75) is 64.0 Å². The van der Waals surface area contributed by atoms with Crippen LogP contribution >= 0.6 is 0 Å². The molecule has 1 saturated carbocycles. The number of hydrogen-bond donors (Lipinski definition) is 2. The van der Waals surface area contributed by atoms with Gasteiger partial charge in [-0.25, -0.2) is 0 Å². The van der Waals surface area contributed by atoms with Crippen molar-refractivity contribution in [2.24, 2.45) is 17.6 Å². The van der Waals surface area contributed by atoms with Gasteiger partial charge in [0.25, 0.3) is 0 Å². The van der Waals surface area contributed by atoms with Crippen LogP contribution in [0.15, 0.2) is 0 Å². The maximum Gasteiger partial charge on any atom is 0.225 e. The first kappa shape index (κ1) is 14.8. The van der Waals surface area contributed by atoms with Crippen molar-refractivity contribution in [3.8, 4) is 0 Å². The number of rotatable bonds is 2. The lowest BCUT2D eigenvalue weighted by molar-refractivity contribution is -0.140. The van der Waals surface area contributed by atoms with E-state index in [2.05, 4.69) is 6.92 Å². The van der Waals surface area contributed by atoms with E-state index in [1.54, 1.807) is 0 Å². The Morgan fingerprint density at radius 1 is 1.37 bits per heavy atom. The second kappa shape index (κ2) is 5.80. The predicted octanol–water partition coefficient (Wildman–Crippen LogP) is 1.51. The molecule has 0 aromatic carbocycles. The van der Waals surface area contributed by atoms with Crippen molar-refractivity contribution in [1.29, 1.82) is 0 Å². The third-order valence-electron chi connectivity index (χ3n) is 5.00. The number of nitrogens with two attached hydrogens (primary N) is 1. The number of carbonyl (C=O) groups is 1. The van der Waals surface area contributed by atoms with Gasteiger partial charge in [-0.2, -0.15) is 0 Å². The monoisotopic (exact) mass is 268 g/mol. The van der Waals surface area contributed by atoms with E-state index in [-0.39, 0.29) is 17.9 Å². The molecule has 1 aliphatic heterocycles. The highest BCUT2D eigenvalue weighted by molar-refractivity contribution is 5.79. The molecule has 1 amide bonds. The van der Waals surface area contributed by atoms with Gasteiger partial charge in [0.15, 0.2) is 0 Å². The summed E-state index contributed by atoms with van der Waals surface area (Å²) in [5, 5.41) is 9.94. The Morgan fingerprint density at radius 3 is 2.58 bits per heavy atom. The highest BCUT2D eigenvalue weighted by Gasteiger charge is 2.34. The lowest BCUT2D eigenvalue weighted by atomic mass is 9.78. The molecule has 4 heteroatoms. The summed E-state index contributed by atoms with van der Waals surface area (Å²) in [4.78, 5) is 14.5. The van der Waals surface area contributed by atoms with E-state index in [9.17, 15) is 9.90 Å². The van der Waals surface area contributed by atoms with Gasteiger partial charge >= 0.3 is 0 Å². The third kappa shape index (κ3) is 3.69. The second-order valence-electron chi connectivity index (χ2n) is 6.80. The van der Waals surface area contributed by atoms with E-state index in [0.29, 0.717) is 31.8 Å². The van der Waals surface area contributed by atoms with Crippen molar-refractivity contribution in [3.63, 3.8) is 0 Å². The highest BCUT2D eigenvalue weighted by atomic mass is 16.3. The molecule has 3 atom stereocenters. The van der Waals surface area contributed by atoms with Crippen LogP contribution in [-0.4, -0.2) is 40.6 Å². The van der Waals surface area contributed by atoms with Crippen LogP contribution in [0.1, 0.15) is 52.4 Å². The van der Waals surface area contributed by atoms with E-state index in [0.717, 1.165) is 25.7 Å². The molecule has 0 aromatic rings. The topological polar surface area (TPSA) is 66.6 Å².